The molecule has 0 fully saturated rings. The second kappa shape index (κ2) is 3.51. The van der Waals surface area contributed by atoms with Crippen molar-refractivity contribution in [3.05, 3.63) is 28.3 Å². The fourth-order valence-electron chi connectivity index (χ4n) is 2.19. The molecule has 0 aromatic heterocycles. The van der Waals surface area contributed by atoms with Crippen molar-refractivity contribution in [3.8, 4) is 5.75 Å². The van der Waals surface area contributed by atoms with Gasteiger partial charge < -0.3 is 4.74 Å². The Morgan fingerprint density at radius 3 is 2.60 bits per heavy atom. The average molecular weight is 269 g/mol. The third-order valence-electron chi connectivity index (χ3n) is 3.30. The fourth-order valence-corrected chi connectivity index (χ4v) is 2.51. The molecule has 1 heterocycles. The van der Waals surface area contributed by atoms with Gasteiger partial charge in [0.25, 0.3) is 0 Å². The van der Waals surface area contributed by atoms with E-state index in [-0.39, 0.29) is 5.60 Å². The van der Waals surface area contributed by atoms with Crippen molar-refractivity contribution in [1.82, 2.24) is 0 Å². The Balaban J connectivity index is 2.54. The molecule has 1 aliphatic heterocycles. The maximum Gasteiger partial charge on any atom is 0.126 e. The summed E-state index contributed by atoms with van der Waals surface area (Å²) < 4.78 is 6.09. The van der Waals surface area contributed by atoms with Crippen LogP contribution in [0.25, 0.3) is 0 Å². The molecule has 1 atom stereocenters. The zero-order valence-electron chi connectivity index (χ0n) is 9.78. The highest BCUT2D eigenvalue weighted by Gasteiger charge is 2.35. The lowest BCUT2D eigenvalue weighted by atomic mass is 9.94. The molecule has 1 nitrogen and oxygen atoms in total. The summed E-state index contributed by atoms with van der Waals surface area (Å²) in [6.45, 7) is 8.63. The molecule has 0 aliphatic carbocycles. The molecule has 0 amide bonds. The monoisotopic (exact) mass is 268 g/mol. The summed E-state index contributed by atoms with van der Waals surface area (Å²) in [6, 6.07) is 2.26. The van der Waals surface area contributed by atoms with Crippen molar-refractivity contribution in [1.29, 1.82) is 0 Å². The van der Waals surface area contributed by atoms with Crippen LogP contribution >= 0.6 is 15.9 Å². The van der Waals surface area contributed by atoms with Gasteiger partial charge in [-0.25, -0.2) is 0 Å². The van der Waals surface area contributed by atoms with Crippen LogP contribution in [0.15, 0.2) is 6.07 Å². The second-order valence-corrected chi connectivity index (χ2v) is 5.37. The number of rotatable bonds is 1. The Morgan fingerprint density at radius 2 is 2.00 bits per heavy atom. The largest absolute Gasteiger partial charge is 0.486 e. The summed E-state index contributed by atoms with van der Waals surface area (Å²) in [5, 5.41) is 0.882. The van der Waals surface area contributed by atoms with Crippen molar-refractivity contribution in [2.75, 3.05) is 5.33 Å². The molecule has 0 saturated heterocycles. The van der Waals surface area contributed by atoms with E-state index in [2.05, 4.69) is 49.7 Å². The lowest BCUT2D eigenvalue weighted by Crippen LogP contribution is -2.32. The van der Waals surface area contributed by atoms with Crippen LogP contribution in [0.1, 0.15) is 29.2 Å². The standard InChI is InChI=1S/C13H17BrO/c1-8-5-9(2)11-6-13(4,7-14)15-12(11)10(8)3/h5H,6-7H2,1-4H3/t13-/m0/s1. The zero-order chi connectivity index (χ0) is 11.2. The van der Waals surface area contributed by atoms with Gasteiger partial charge in [0.05, 0.1) is 0 Å². The third kappa shape index (κ3) is 1.69. The van der Waals surface area contributed by atoms with Crippen LogP contribution in [0.4, 0.5) is 0 Å². The number of aryl methyl sites for hydroxylation is 2. The molecule has 1 aromatic carbocycles. The molecule has 0 radical (unpaired) electrons. The van der Waals surface area contributed by atoms with E-state index >= 15 is 0 Å². The number of hydrogen-bond acceptors (Lipinski definition) is 1. The third-order valence-corrected chi connectivity index (χ3v) is 4.48. The predicted octanol–water partition coefficient (Wildman–Crippen LogP) is 3.70. The molecule has 1 aliphatic rings. The zero-order valence-corrected chi connectivity index (χ0v) is 11.4. The van der Waals surface area contributed by atoms with Gasteiger partial charge in [0.1, 0.15) is 11.4 Å². The van der Waals surface area contributed by atoms with Gasteiger partial charge in [-0.1, -0.05) is 22.0 Å². The van der Waals surface area contributed by atoms with E-state index < -0.39 is 0 Å². The minimum atomic E-state index is -0.0638. The number of ether oxygens (including phenoxy) is 1. The average Bonchev–Trinajstić information content (AvgIpc) is 2.55. The van der Waals surface area contributed by atoms with Gasteiger partial charge in [-0.15, -0.1) is 0 Å². The molecule has 1 aromatic rings. The van der Waals surface area contributed by atoms with E-state index in [4.69, 9.17) is 4.74 Å². The first-order valence-corrected chi connectivity index (χ1v) is 6.43. The summed E-state index contributed by atoms with van der Waals surface area (Å²) >= 11 is 3.53. The van der Waals surface area contributed by atoms with Crippen molar-refractivity contribution < 1.29 is 4.74 Å². The first kappa shape index (κ1) is 11.0. The summed E-state index contributed by atoms with van der Waals surface area (Å²) in [6.07, 6.45) is 1.01. The molecular weight excluding hydrogens is 252 g/mol. The first-order chi connectivity index (χ1) is 6.97. The Labute approximate surface area is 100.0 Å². The first-order valence-electron chi connectivity index (χ1n) is 5.31. The summed E-state index contributed by atoms with van der Waals surface area (Å²) in [7, 11) is 0. The Morgan fingerprint density at radius 1 is 1.33 bits per heavy atom. The van der Waals surface area contributed by atoms with Gasteiger partial charge in [-0.3, -0.25) is 0 Å². The van der Waals surface area contributed by atoms with E-state index in [0.29, 0.717) is 0 Å². The van der Waals surface area contributed by atoms with Gasteiger partial charge in [0.2, 0.25) is 0 Å². The van der Waals surface area contributed by atoms with E-state index in [1.165, 1.54) is 22.3 Å². The van der Waals surface area contributed by atoms with Crippen LogP contribution in [0.5, 0.6) is 5.75 Å². The molecule has 0 bridgehead atoms. The van der Waals surface area contributed by atoms with Gasteiger partial charge >= 0.3 is 0 Å². The highest BCUT2D eigenvalue weighted by atomic mass is 79.9. The molecule has 15 heavy (non-hydrogen) atoms. The summed E-state index contributed by atoms with van der Waals surface area (Å²) in [4.78, 5) is 0. The Hall–Kier alpha value is -0.500. The van der Waals surface area contributed by atoms with Gasteiger partial charge in [-0.2, -0.15) is 0 Å². The smallest absolute Gasteiger partial charge is 0.126 e. The van der Waals surface area contributed by atoms with Gasteiger partial charge in [0, 0.05) is 17.3 Å². The number of benzene rings is 1. The predicted molar refractivity (Wildman–Crippen MR) is 67.2 cm³/mol. The number of fused-ring (bicyclic) bond motifs is 1. The Kier molecular flexibility index (Phi) is 2.58. The van der Waals surface area contributed by atoms with Crippen molar-refractivity contribution in [2.24, 2.45) is 0 Å². The van der Waals surface area contributed by atoms with E-state index in [9.17, 15) is 0 Å². The van der Waals surface area contributed by atoms with Crippen molar-refractivity contribution in [2.45, 2.75) is 39.7 Å². The quantitative estimate of drug-likeness (QED) is 0.706. The second-order valence-electron chi connectivity index (χ2n) is 4.81. The topological polar surface area (TPSA) is 9.23 Å². The lowest BCUT2D eigenvalue weighted by molar-refractivity contribution is 0.144. The van der Waals surface area contributed by atoms with E-state index in [0.717, 1.165) is 17.5 Å². The summed E-state index contributed by atoms with van der Waals surface area (Å²) in [5.74, 6) is 1.12. The maximum atomic E-state index is 6.09. The minimum Gasteiger partial charge on any atom is -0.486 e. The molecule has 0 saturated carbocycles. The minimum absolute atomic E-state index is 0.0638. The Bertz CT molecular complexity index is 411. The number of halogens is 1. The van der Waals surface area contributed by atoms with Gasteiger partial charge in [-0.05, 0) is 44.4 Å². The molecule has 2 rings (SSSR count). The molecular formula is C13H17BrO. The van der Waals surface area contributed by atoms with Crippen molar-refractivity contribution >= 4 is 15.9 Å². The van der Waals surface area contributed by atoms with Gasteiger partial charge in [0.15, 0.2) is 0 Å². The van der Waals surface area contributed by atoms with Crippen LogP contribution in [0.3, 0.4) is 0 Å². The van der Waals surface area contributed by atoms with E-state index in [1.54, 1.807) is 0 Å². The van der Waals surface area contributed by atoms with Crippen molar-refractivity contribution in [3.63, 3.8) is 0 Å². The molecule has 0 spiro atoms. The van der Waals surface area contributed by atoms with E-state index in [1.807, 2.05) is 0 Å². The van der Waals surface area contributed by atoms with Crippen LogP contribution < -0.4 is 4.74 Å². The molecule has 82 valence electrons. The SMILES string of the molecule is Cc1cc(C)c2c(c1C)O[C@](C)(CBr)C2. The van der Waals surface area contributed by atoms with Crippen LogP contribution in [0.2, 0.25) is 0 Å². The lowest BCUT2D eigenvalue weighted by Gasteiger charge is -2.21. The van der Waals surface area contributed by atoms with Crippen LogP contribution in [0, 0.1) is 20.8 Å². The fraction of sp³-hybridized carbons (Fsp3) is 0.538. The number of alkyl halides is 1. The maximum absolute atomic E-state index is 6.09. The van der Waals surface area contributed by atoms with Crippen LogP contribution in [-0.4, -0.2) is 10.9 Å². The molecule has 2 heteroatoms. The highest BCUT2D eigenvalue weighted by molar-refractivity contribution is 9.09. The normalized spacial score (nSPS) is 23.8. The number of hydrogen-bond donors (Lipinski definition) is 0. The molecule has 0 unspecified atom stereocenters. The summed E-state index contributed by atoms with van der Waals surface area (Å²) in [5.41, 5.74) is 5.30. The molecule has 0 N–H and O–H groups in total. The van der Waals surface area contributed by atoms with Crippen LogP contribution in [-0.2, 0) is 6.42 Å². The highest BCUT2D eigenvalue weighted by Crippen LogP contribution is 2.41.